The molecule has 2 N–H and O–H groups in total. The van der Waals surface area contributed by atoms with E-state index in [-0.39, 0.29) is 22.6 Å². The summed E-state index contributed by atoms with van der Waals surface area (Å²) in [4.78, 5) is 33.4. The van der Waals surface area contributed by atoms with E-state index < -0.39 is 34.3 Å². The van der Waals surface area contributed by atoms with Crippen LogP contribution in [0.4, 0.5) is 10.1 Å². The van der Waals surface area contributed by atoms with Gasteiger partial charge in [0.1, 0.15) is 6.04 Å². The molecule has 1 atom stereocenters. The summed E-state index contributed by atoms with van der Waals surface area (Å²) >= 11 is 5.89. The minimum absolute atomic E-state index is 0.0977. The standard InChI is InChI=1S/C16H12ClFN2O5/c17-11-4-2-1-3-10(11)15(21)19-13(16(22)23)7-9-5-6-12(18)14(8-9)20(24)25/h1-6,8,13H,7H2,(H,19,21)(H,22,23)/t13-/m0/s1. The molecule has 0 saturated carbocycles. The van der Waals surface area contributed by atoms with Crippen LogP contribution < -0.4 is 5.32 Å². The molecule has 0 aliphatic carbocycles. The molecule has 7 nitrogen and oxygen atoms in total. The Balaban J connectivity index is 2.21. The van der Waals surface area contributed by atoms with E-state index in [2.05, 4.69) is 5.32 Å². The van der Waals surface area contributed by atoms with Crippen molar-refractivity contribution in [3.8, 4) is 0 Å². The highest BCUT2D eigenvalue weighted by Gasteiger charge is 2.24. The minimum atomic E-state index is -1.37. The van der Waals surface area contributed by atoms with Gasteiger partial charge in [-0.05, 0) is 23.8 Å². The van der Waals surface area contributed by atoms with Crippen LogP contribution in [0.3, 0.4) is 0 Å². The lowest BCUT2D eigenvalue weighted by Gasteiger charge is -2.15. The number of hydrogen-bond donors (Lipinski definition) is 2. The molecule has 0 unspecified atom stereocenters. The molecule has 0 aromatic heterocycles. The largest absolute Gasteiger partial charge is 0.480 e. The normalized spacial score (nSPS) is 11.6. The third-order valence-corrected chi connectivity index (χ3v) is 3.70. The monoisotopic (exact) mass is 366 g/mol. The number of halogens is 2. The van der Waals surface area contributed by atoms with Gasteiger partial charge in [0, 0.05) is 12.5 Å². The number of nitrogens with one attached hydrogen (secondary N) is 1. The van der Waals surface area contributed by atoms with Crippen molar-refractivity contribution in [2.75, 3.05) is 0 Å². The number of nitro groups is 1. The predicted molar refractivity (Wildman–Crippen MR) is 87.1 cm³/mol. The molecule has 0 aliphatic heterocycles. The lowest BCUT2D eigenvalue weighted by molar-refractivity contribution is -0.387. The second kappa shape index (κ2) is 7.71. The van der Waals surface area contributed by atoms with Crippen LogP contribution in [0.1, 0.15) is 15.9 Å². The first kappa shape index (κ1) is 18.3. The number of carbonyl (C=O) groups is 2. The molecule has 25 heavy (non-hydrogen) atoms. The van der Waals surface area contributed by atoms with Crippen LogP contribution >= 0.6 is 11.6 Å². The van der Waals surface area contributed by atoms with E-state index in [1.165, 1.54) is 18.2 Å². The molecule has 9 heteroatoms. The Bertz CT molecular complexity index is 843. The average molecular weight is 367 g/mol. The summed E-state index contributed by atoms with van der Waals surface area (Å²) in [6, 6.07) is 7.77. The Kier molecular flexibility index (Phi) is 5.66. The summed E-state index contributed by atoms with van der Waals surface area (Å²) in [6.45, 7) is 0. The molecule has 2 rings (SSSR count). The summed E-state index contributed by atoms with van der Waals surface area (Å²) in [5.74, 6) is -3.07. The fraction of sp³-hybridized carbons (Fsp3) is 0.125. The molecule has 0 radical (unpaired) electrons. The van der Waals surface area contributed by atoms with E-state index in [1.54, 1.807) is 12.1 Å². The maximum Gasteiger partial charge on any atom is 0.326 e. The van der Waals surface area contributed by atoms with Gasteiger partial charge in [0.25, 0.3) is 5.91 Å². The van der Waals surface area contributed by atoms with Gasteiger partial charge in [0.2, 0.25) is 5.82 Å². The molecule has 2 aromatic rings. The van der Waals surface area contributed by atoms with Gasteiger partial charge in [-0.1, -0.05) is 29.8 Å². The zero-order chi connectivity index (χ0) is 18.6. The SMILES string of the molecule is O=C(N[C@@H](Cc1ccc(F)c([N+](=O)[O-])c1)C(=O)O)c1ccccc1Cl. The molecule has 2 aromatic carbocycles. The van der Waals surface area contributed by atoms with Crippen molar-refractivity contribution in [3.63, 3.8) is 0 Å². The third kappa shape index (κ3) is 4.51. The summed E-state index contributed by atoms with van der Waals surface area (Å²) in [6.07, 6.45) is -0.257. The van der Waals surface area contributed by atoms with Gasteiger partial charge in [0.05, 0.1) is 15.5 Å². The van der Waals surface area contributed by atoms with Gasteiger partial charge in [0.15, 0.2) is 0 Å². The zero-order valence-corrected chi connectivity index (χ0v) is 13.4. The molecule has 130 valence electrons. The zero-order valence-electron chi connectivity index (χ0n) is 12.6. The Hall–Kier alpha value is -3.00. The van der Waals surface area contributed by atoms with Crippen LogP contribution in [0, 0.1) is 15.9 Å². The summed E-state index contributed by atoms with van der Waals surface area (Å²) in [7, 11) is 0. The van der Waals surface area contributed by atoms with Crippen molar-refractivity contribution in [1.29, 1.82) is 0 Å². The Morgan fingerprint density at radius 1 is 1.28 bits per heavy atom. The first-order valence-electron chi connectivity index (χ1n) is 7.00. The topological polar surface area (TPSA) is 110 Å². The van der Waals surface area contributed by atoms with Crippen molar-refractivity contribution >= 4 is 29.2 Å². The van der Waals surface area contributed by atoms with Crippen LogP contribution in [0.15, 0.2) is 42.5 Å². The number of hydrogen-bond acceptors (Lipinski definition) is 4. The lowest BCUT2D eigenvalue weighted by atomic mass is 10.0. The number of aliphatic carboxylic acids is 1. The number of amides is 1. The van der Waals surface area contributed by atoms with E-state index in [1.807, 2.05) is 0 Å². The van der Waals surface area contributed by atoms with Gasteiger partial charge < -0.3 is 10.4 Å². The van der Waals surface area contributed by atoms with E-state index in [0.717, 1.165) is 12.1 Å². The smallest absolute Gasteiger partial charge is 0.326 e. The average Bonchev–Trinajstić information content (AvgIpc) is 2.55. The van der Waals surface area contributed by atoms with E-state index >= 15 is 0 Å². The maximum absolute atomic E-state index is 13.3. The summed E-state index contributed by atoms with van der Waals surface area (Å²) in [5.41, 5.74) is -0.473. The van der Waals surface area contributed by atoms with Crippen LogP contribution in [-0.4, -0.2) is 27.9 Å². The van der Waals surface area contributed by atoms with Gasteiger partial charge in [-0.15, -0.1) is 0 Å². The first-order chi connectivity index (χ1) is 11.8. The number of carbonyl (C=O) groups excluding carboxylic acids is 1. The van der Waals surface area contributed by atoms with Crippen molar-refractivity contribution in [2.24, 2.45) is 0 Å². The number of nitro benzene ring substituents is 1. The van der Waals surface area contributed by atoms with Gasteiger partial charge in [-0.3, -0.25) is 14.9 Å². The highest BCUT2D eigenvalue weighted by Crippen LogP contribution is 2.20. The van der Waals surface area contributed by atoms with Gasteiger partial charge in [-0.2, -0.15) is 4.39 Å². The molecule has 0 aliphatic rings. The third-order valence-electron chi connectivity index (χ3n) is 3.37. The Labute approximate surface area is 146 Å². The molecule has 0 heterocycles. The van der Waals surface area contributed by atoms with Gasteiger partial charge >= 0.3 is 11.7 Å². The van der Waals surface area contributed by atoms with E-state index in [0.29, 0.717) is 0 Å². The fourth-order valence-corrected chi connectivity index (χ4v) is 2.36. The number of rotatable bonds is 6. The van der Waals surface area contributed by atoms with E-state index in [4.69, 9.17) is 11.6 Å². The van der Waals surface area contributed by atoms with Crippen LogP contribution in [0.5, 0.6) is 0 Å². The fourth-order valence-electron chi connectivity index (χ4n) is 2.14. The highest BCUT2D eigenvalue weighted by atomic mass is 35.5. The second-order valence-electron chi connectivity index (χ2n) is 5.09. The molecule has 0 fully saturated rings. The molecule has 0 spiro atoms. The first-order valence-corrected chi connectivity index (χ1v) is 7.38. The summed E-state index contributed by atoms with van der Waals surface area (Å²) < 4.78 is 13.3. The predicted octanol–water partition coefficient (Wildman–Crippen LogP) is 2.81. The van der Waals surface area contributed by atoms with Crippen molar-refractivity contribution in [2.45, 2.75) is 12.5 Å². The molecule has 0 bridgehead atoms. The van der Waals surface area contributed by atoms with Gasteiger partial charge in [-0.25, -0.2) is 4.79 Å². The van der Waals surface area contributed by atoms with Crippen LogP contribution in [0.25, 0.3) is 0 Å². The highest BCUT2D eigenvalue weighted by molar-refractivity contribution is 6.33. The van der Waals surface area contributed by atoms with Crippen LogP contribution in [0.2, 0.25) is 5.02 Å². The molecule has 1 amide bonds. The van der Waals surface area contributed by atoms with Crippen molar-refractivity contribution in [1.82, 2.24) is 5.32 Å². The minimum Gasteiger partial charge on any atom is -0.480 e. The Morgan fingerprint density at radius 2 is 1.96 bits per heavy atom. The molecule has 0 saturated heterocycles. The Morgan fingerprint density at radius 3 is 2.56 bits per heavy atom. The number of carboxylic acids is 1. The lowest BCUT2D eigenvalue weighted by Crippen LogP contribution is -2.42. The molecular formula is C16H12ClFN2O5. The number of benzene rings is 2. The van der Waals surface area contributed by atoms with Crippen molar-refractivity contribution in [3.05, 3.63) is 74.5 Å². The number of carboxylic acid groups (broad SMARTS) is 1. The summed E-state index contributed by atoms with van der Waals surface area (Å²) in [5, 5.41) is 22.5. The molecular weight excluding hydrogens is 355 g/mol. The van der Waals surface area contributed by atoms with E-state index in [9.17, 15) is 29.2 Å². The second-order valence-corrected chi connectivity index (χ2v) is 5.50. The number of nitrogens with zero attached hydrogens (tertiary/aromatic N) is 1. The maximum atomic E-state index is 13.3. The van der Waals surface area contributed by atoms with Crippen LogP contribution in [-0.2, 0) is 11.2 Å². The van der Waals surface area contributed by atoms with Crippen molar-refractivity contribution < 1.29 is 24.0 Å². The quantitative estimate of drug-likeness (QED) is 0.603.